The fourth-order valence-electron chi connectivity index (χ4n) is 2.13. The summed E-state index contributed by atoms with van der Waals surface area (Å²) in [5, 5.41) is 5.52. The van der Waals surface area contributed by atoms with Crippen LogP contribution in [0.2, 0.25) is 0 Å². The van der Waals surface area contributed by atoms with Crippen molar-refractivity contribution >= 4 is 11.8 Å². The van der Waals surface area contributed by atoms with Crippen LogP contribution in [0.5, 0.6) is 0 Å². The number of amides is 2. The summed E-state index contributed by atoms with van der Waals surface area (Å²) < 4.78 is 12.7. The Labute approximate surface area is 111 Å². The Morgan fingerprint density at radius 2 is 2.11 bits per heavy atom. The Balaban J connectivity index is 1.74. The van der Waals surface area contributed by atoms with Crippen LogP contribution in [-0.4, -0.2) is 24.9 Å². The zero-order chi connectivity index (χ0) is 13.7. The first-order valence-corrected chi connectivity index (χ1v) is 6.44. The van der Waals surface area contributed by atoms with E-state index in [9.17, 15) is 14.0 Å². The zero-order valence-corrected chi connectivity index (χ0v) is 10.6. The van der Waals surface area contributed by atoms with Crippen LogP contribution in [0.25, 0.3) is 0 Å². The second-order valence-electron chi connectivity index (χ2n) is 4.71. The number of piperidine rings is 1. The standard InChI is InChI=1S/C14H17FN2O2/c15-12-3-1-10(2-4-12)5-7-17-14(19)11-6-8-16-13(18)9-11/h1-4,11H,5-9H2,(H,16,18)(H,17,19). The fourth-order valence-corrected chi connectivity index (χ4v) is 2.13. The van der Waals surface area contributed by atoms with E-state index in [0.717, 1.165) is 5.56 Å². The molecule has 5 heteroatoms. The zero-order valence-electron chi connectivity index (χ0n) is 10.6. The third-order valence-corrected chi connectivity index (χ3v) is 3.24. The number of hydrogen-bond acceptors (Lipinski definition) is 2. The van der Waals surface area contributed by atoms with Crippen molar-refractivity contribution in [1.29, 1.82) is 0 Å². The number of carbonyl (C=O) groups excluding carboxylic acids is 2. The number of halogens is 1. The molecular weight excluding hydrogens is 247 g/mol. The molecule has 1 aromatic carbocycles. The summed E-state index contributed by atoms with van der Waals surface area (Å²) in [6, 6.07) is 6.22. The van der Waals surface area contributed by atoms with Gasteiger partial charge in [-0.1, -0.05) is 12.1 Å². The molecule has 1 fully saturated rings. The van der Waals surface area contributed by atoms with E-state index in [1.165, 1.54) is 12.1 Å². The number of hydrogen-bond donors (Lipinski definition) is 2. The molecule has 0 radical (unpaired) electrons. The molecule has 1 saturated heterocycles. The van der Waals surface area contributed by atoms with Gasteiger partial charge in [0, 0.05) is 25.4 Å². The van der Waals surface area contributed by atoms with E-state index in [2.05, 4.69) is 10.6 Å². The van der Waals surface area contributed by atoms with E-state index in [1.54, 1.807) is 12.1 Å². The molecular formula is C14H17FN2O2. The molecule has 1 heterocycles. The molecule has 1 aromatic rings. The van der Waals surface area contributed by atoms with Crippen molar-refractivity contribution in [3.8, 4) is 0 Å². The summed E-state index contributed by atoms with van der Waals surface area (Å²) in [6.07, 6.45) is 1.61. The first-order valence-electron chi connectivity index (χ1n) is 6.44. The van der Waals surface area contributed by atoms with Crippen LogP contribution in [0.1, 0.15) is 18.4 Å². The average molecular weight is 264 g/mol. The summed E-state index contributed by atoms with van der Waals surface area (Å²) in [6.45, 7) is 1.07. The van der Waals surface area contributed by atoms with Crippen LogP contribution in [0.3, 0.4) is 0 Å². The molecule has 0 aromatic heterocycles. The van der Waals surface area contributed by atoms with Crippen LogP contribution in [-0.2, 0) is 16.0 Å². The Bertz CT molecular complexity index is 459. The summed E-state index contributed by atoms with van der Waals surface area (Å²) >= 11 is 0. The van der Waals surface area contributed by atoms with E-state index in [-0.39, 0.29) is 30.0 Å². The van der Waals surface area contributed by atoms with Crippen molar-refractivity contribution in [3.63, 3.8) is 0 Å². The van der Waals surface area contributed by atoms with Gasteiger partial charge in [-0.3, -0.25) is 9.59 Å². The van der Waals surface area contributed by atoms with Crippen LogP contribution in [0.4, 0.5) is 4.39 Å². The molecule has 0 saturated carbocycles. The molecule has 0 bridgehead atoms. The minimum absolute atomic E-state index is 0.0649. The molecule has 2 amide bonds. The summed E-state index contributed by atoms with van der Waals surface area (Å²) in [5.74, 6) is -0.620. The van der Waals surface area contributed by atoms with Crippen molar-refractivity contribution in [1.82, 2.24) is 10.6 Å². The molecule has 2 N–H and O–H groups in total. The Hall–Kier alpha value is -1.91. The van der Waals surface area contributed by atoms with E-state index < -0.39 is 0 Å². The van der Waals surface area contributed by atoms with Crippen molar-refractivity contribution in [2.75, 3.05) is 13.1 Å². The summed E-state index contributed by atoms with van der Waals surface area (Å²) in [5.41, 5.74) is 0.975. The Morgan fingerprint density at radius 3 is 2.79 bits per heavy atom. The molecule has 1 aliphatic heterocycles. The Morgan fingerprint density at radius 1 is 1.37 bits per heavy atom. The highest BCUT2D eigenvalue weighted by atomic mass is 19.1. The van der Waals surface area contributed by atoms with Crippen molar-refractivity contribution in [2.45, 2.75) is 19.3 Å². The topological polar surface area (TPSA) is 58.2 Å². The second-order valence-corrected chi connectivity index (χ2v) is 4.71. The molecule has 19 heavy (non-hydrogen) atoms. The third kappa shape index (κ3) is 4.05. The van der Waals surface area contributed by atoms with E-state index in [0.29, 0.717) is 25.9 Å². The van der Waals surface area contributed by atoms with Gasteiger partial charge in [0.25, 0.3) is 0 Å². The van der Waals surface area contributed by atoms with E-state index in [4.69, 9.17) is 0 Å². The van der Waals surface area contributed by atoms with E-state index >= 15 is 0 Å². The number of nitrogens with one attached hydrogen (secondary N) is 2. The van der Waals surface area contributed by atoms with E-state index in [1.807, 2.05) is 0 Å². The molecule has 1 unspecified atom stereocenters. The largest absolute Gasteiger partial charge is 0.356 e. The van der Waals surface area contributed by atoms with Crippen LogP contribution < -0.4 is 10.6 Å². The van der Waals surface area contributed by atoms with Gasteiger partial charge in [-0.15, -0.1) is 0 Å². The SMILES string of the molecule is O=C1CC(C(=O)NCCc2ccc(F)cc2)CCN1. The number of rotatable bonds is 4. The van der Waals surface area contributed by atoms with Gasteiger partial charge >= 0.3 is 0 Å². The normalized spacial score (nSPS) is 18.8. The quantitative estimate of drug-likeness (QED) is 0.852. The maximum atomic E-state index is 12.7. The predicted molar refractivity (Wildman–Crippen MR) is 68.8 cm³/mol. The van der Waals surface area contributed by atoms with Crippen molar-refractivity contribution in [3.05, 3.63) is 35.6 Å². The molecule has 4 nitrogen and oxygen atoms in total. The maximum absolute atomic E-state index is 12.7. The highest BCUT2D eigenvalue weighted by Gasteiger charge is 2.24. The van der Waals surface area contributed by atoms with Crippen LogP contribution in [0.15, 0.2) is 24.3 Å². The van der Waals surface area contributed by atoms with Gasteiger partial charge in [0.05, 0.1) is 0 Å². The summed E-state index contributed by atoms with van der Waals surface area (Å²) in [7, 11) is 0. The summed E-state index contributed by atoms with van der Waals surface area (Å²) in [4.78, 5) is 23.0. The fraction of sp³-hybridized carbons (Fsp3) is 0.429. The third-order valence-electron chi connectivity index (χ3n) is 3.24. The predicted octanol–water partition coefficient (Wildman–Crippen LogP) is 1.01. The molecule has 0 spiro atoms. The lowest BCUT2D eigenvalue weighted by Gasteiger charge is -2.21. The maximum Gasteiger partial charge on any atom is 0.223 e. The van der Waals surface area contributed by atoms with Crippen LogP contribution in [0, 0.1) is 11.7 Å². The lowest BCUT2D eigenvalue weighted by molar-refractivity contribution is -0.132. The van der Waals surface area contributed by atoms with Gasteiger partial charge in [-0.2, -0.15) is 0 Å². The smallest absolute Gasteiger partial charge is 0.223 e. The lowest BCUT2D eigenvalue weighted by Crippen LogP contribution is -2.41. The first-order chi connectivity index (χ1) is 9.15. The Kier molecular flexibility index (Phi) is 4.49. The van der Waals surface area contributed by atoms with Gasteiger partial charge < -0.3 is 10.6 Å². The van der Waals surface area contributed by atoms with Gasteiger partial charge in [-0.25, -0.2) is 4.39 Å². The minimum Gasteiger partial charge on any atom is -0.356 e. The van der Waals surface area contributed by atoms with Crippen molar-refractivity contribution < 1.29 is 14.0 Å². The molecule has 1 atom stereocenters. The van der Waals surface area contributed by atoms with Gasteiger partial charge in [0.15, 0.2) is 0 Å². The van der Waals surface area contributed by atoms with Gasteiger partial charge in [-0.05, 0) is 30.5 Å². The first kappa shape index (κ1) is 13.5. The van der Waals surface area contributed by atoms with Crippen LogP contribution >= 0.6 is 0 Å². The minimum atomic E-state index is -0.263. The monoisotopic (exact) mass is 264 g/mol. The van der Waals surface area contributed by atoms with Gasteiger partial charge in [0.2, 0.25) is 11.8 Å². The lowest BCUT2D eigenvalue weighted by atomic mass is 9.96. The number of carbonyl (C=O) groups is 2. The second kappa shape index (κ2) is 6.31. The molecule has 102 valence electrons. The van der Waals surface area contributed by atoms with Gasteiger partial charge in [0.1, 0.15) is 5.82 Å². The highest BCUT2D eigenvalue weighted by molar-refractivity contribution is 5.86. The molecule has 0 aliphatic carbocycles. The molecule has 1 aliphatic rings. The molecule has 2 rings (SSSR count). The highest BCUT2D eigenvalue weighted by Crippen LogP contribution is 2.12. The van der Waals surface area contributed by atoms with Crippen molar-refractivity contribution in [2.24, 2.45) is 5.92 Å². The average Bonchev–Trinajstić information content (AvgIpc) is 2.41. The number of benzene rings is 1.